The van der Waals surface area contributed by atoms with Crippen molar-refractivity contribution in [2.75, 3.05) is 38.6 Å². The number of fused-ring (bicyclic) bond motifs is 1. The van der Waals surface area contributed by atoms with Gasteiger partial charge in [0.15, 0.2) is 17.7 Å². The molecule has 0 saturated carbocycles. The number of phosphoric ester groups is 1. The highest BCUT2D eigenvalue weighted by Gasteiger charge is 2.46. The number of anilines is 1. The van der Waals surface area contributed by atoms with Crippen molar-refractivity contribution in [1.82, 2.24) is 24.8 Å². The molecule has 1 aliphatic heterocycles. The van der Waals surface area contributed by atoms with E-state index in [2.05, 4.69) is 24.6 Å². The average Bonchev–Trinajstić information content (AvgIpc) is 3.35. The normalized spacial score (nSPS) is 24.4. The second-order valence-corrected chi connectivity index (χ2v) is 10.9. The standard InChI is InChI=1S/C17H31N7O10P2/c18-4-1-2-5-20-6-3-7-31-36(30,34-35(27,28)29)32-8-11-13(25)14(26)17(33-11)24-10-23-12-15(19)21-9-22-16(12)24/h9-11,13-14,17,20,25-26H,1-8,18H2,(H2,19,21,22)(H2,27,28,29)/t11-,13?,14?,17-,36?/m1/s1. The van der Waals surface area contributed by atoms with Crippen molar-refractivity contribution < 1.29 is 47.2 Å². The van der Waals surface area contributed by atoms with Crippen molar-refractivity contribution in [1.29, 1.82) is 0 Å². The Bertz CT molecular complexity index is 1090. The minimum Gasteiger partial charge on any atom is -0.387 e. The second-order valence-electron chi connectivity index (χ2n) is 7.88. The van der Waals surface area contributed by atoms with E-state index in [1.165, 1.54) is 17.2 Å². The third kappa shape index (κ3) is 7.71. The number of phosphoric acid groups is 2. The van der Waals surface area contributed by atoms with Crippen LogP contribution in [-0.2, 0) is 27.2 Å². The van der Waals surface area contributed by atoms with Crippen LogP contribution in [0.15, 0.2) is 12.7 Å². The van der Waals surface area contributed by atoms with Crippen LogP contribution in [0.4, 0.5) is 5.82 Å². The summed E-state index contributed by atoms with van der Waals surface area (Å²) in [6, 6.07) is 0. The fourth-order valence-corrected chi connectivity index (χ4v) is 5.60. The van der Waals surface area contributed by atoms with Crippen LogP contribution >= 0.6 is 15.6 Å². The molecule has 0 amide bonds. The summed E-state index contributed by atoms with van der Waals surface area (Å²) in [7, 11) is -10.0. The van der Waals surface area contributed by atoms with E-state index in [0.717, 1.165) is 19.4 Å². The Labute approximate surface area is 206 Å². The van der Waals surface area contributed by atoms with Gasteiger partial charge in [0.2, 0.25) is 0 Å². The van der Waals surface area contributed by atoms with Crippen molar-refractivity contribution in [3.8, 4) is 0 Å². The van der Waals surface area contributed by atoms with Crippen LogP contribution in [0.1, 0.15) is 25.5 Å². The molecule has 3 rings (SSSR count). The number of aliphatic hydroxyl groups excluding tert-OH is 2. The van der Waals surface area contributed by atoms with Crippen LogP contribution in [0.25, 0.3) is 11.2 Å². The van der Waals surface area contributed by atoms with Crippen LogP contribution in [-0.4, -0.2) is 90.7 Å². The molecule has 0 aromatic carbocycles. The molecule has 36 heavy (non-hydrogen) atoms. The topological polar surface area (TPSA) is 260 Å². The van der Waals surface area contributed by atoms with Gasteiger partial charge in [-0.2, -0.15) is 4.31 Å². The number of unbranched alkanes of at least 4 members (excludes halogenated alkanes) is 1. The summed E-state index contributed by atoms with van der Waals surface area (Å²) >= 11 is 0. The van der Waals surface area contributed by atoms with Gasteiger partial charge in [0.1, 0.15) is 30.2 Å². The lowest BCUT2D eigenvalue weighted by atomic mass is 10.1. The van der Waals surface area contributed by atoms with Crippen LogP contribution in [0.2, 0.25) is 0 Å². The number of ether oxygens (including phenoxy) is 1. The molecule has 1 aliphatic rings. The first kappa shape index (κ1) is 29.0. The summed E-state index contributed by atoms with van der Waals surface area (Å²) in [4.78, 5) is 30.2. The van der Waals surface area contributed by atoms with Gasteiger partial charge in [-0.1, -0.05) is 0 Å². The molecule has 3 heterocycles. The summed E-state index contributed by atoms with van der Waals surface area (Å²) in [5.74, 6) is 0.102. The zero-order valence-electron chi connectivity index (χ0n) is 19.2. The Morgan fingerprint density at radius 3 is 2.56 bits per heavy atom. The van der Waals surface area contributed by atoms with E-state index in [1.807, 2.05) is 0 Å². The molecule has 1 saturated heterocycles. The lowest BCUT2D eigenvalue weighted by molar-refractivity contribution is -0.0513. The Hall–Kier alpha value is -1.59. The lowest BCUT2D eigenvalue weighted by Crippen LogP contribution is -2.33. The Kier molecular flexibility index (Phi) is 10.3. The number of hydrogen-bond donors (Lipinski definition) is 7. The highest BCUT2D eigenvalue weighted by Crippen LogP contribution is 2.61. The minimum absolute atomic E-state index is 0.102. The number of aliphatic hydroxyl groups is 2. The third-order valence-corrected chi connectivity index (χ3v) is 7.77. The quantitative estimate of drug-likeness (QED) is 0.103. The number of rotatable bonds is 15. The van der Waals surface area contributed by atoms with E-state index in [9.17, 15) is 19.3 Å². The molecule has 19 heteroatoms. The molecule has 17 nitrogen and oxygen atoms in total. The lowest BCUT2D eigenvalue weighted by Gasteiger charge is -2.21. The molecule has 3 unspecified atom stereocenters. The zero-order chi connectivity index (χ0) is 26.3. The maximum atomic E-state index is 12.8. The molecule has 9 N–H and O–H groups in total. The van der Waals surface area contributed by atoms with Gasteiger partial charge in [-0.3, -0.25) is 13.6 Å². The van der Waals surface area contributed by atoms with Gasteiger partial charge in [-0.05, 0) is 38.9 Å². The molecule has 0 bridgehead atoms. The van der Waals surface area contributed by atoms with Gasteiger partial charge in [0.25, 0.3) is 0 Å². The SMILES string of the molecule is NCCCCNCCCOP(=O)(OC[C@H]1O[C@@H](n2cnc3c(N)ncnc32)C(O)C1O)OP(=O)(O)O. The van der Waals surface area contributed by atoms with Crippen molar-refractivity contribution >= 4 is 32.6 Å². The maximum Gasteiger partial charge on any atom is 0.483 e. The van der Waals surface area contributed by atoms with Crippen molar-refractivity contribution in [2.45, 2.75) is 43.8 Å². The molecule has 1 fully saturated rings. The van der Waals surface area contributed by atoms with Crippen LogP contribution < -0.4 is 16.8 Å². The largest absolute Gasteiger partial charge is 0.483 e. The van der Waals surface area contributed by atoms with Gasteiger partial charge in [0.05, 0.1) is 19.5 Å². The molecule has 0 radical (unpaired) electrons. The second kappa shape index (κ2) is 12.8. The van der Waals surface area contributed by atoms with E-state index in [0.29, 0.717) is 19.5 Å². The average molecular weight is 555 g/mol. The summed E-state index contributed by atoms with van der Waals surface area (Å²) < 4.78 is 45.5. The highest BCUT2D eigenvalue weighted by atomic mass is 31.3. The van der Waals surface area contributed by atoms with Gasteiger partial charge >= 0.3 is 15.6 Å². The first-order valence-corrected chi connectivity index (χ1v) is 14.0. The number of nitrogens with two attached hydrogens (primary N) is 2. The highest BCUT2D eigenvalue weighted by molar-refractivity contribution is 7.61. The van der Waals surface area contributed by atoms with Crippen LogP contribution in [0.3, 0.4) is 0 Å². The first-order valence-electron chi connectivity index (χ1n) is 11.1. The number of hydrogen-bond acceptors (Lipinski definition) is 14. The number of nitrogens with one attached hydrogen (secondary N) is 1. The fraction of sp³-hybridized carbons (Fsp3) is 0.706. The predicted molar refractivity (Wildman–Crippen MR) is 124 cm³/mol. The molecule has 0 aliphatic carbocycles. The van der Waals surface area contributed by atoms with E-state index in [-0.39, 0.29) is 23.6 Å². The molecule has 204 valence electrons. The summed E-state index contributed by atoms with van der Waals surface area (Å²) in [5.41, 5.74) is 11.7. The molecule has 2 aromatic rings. The van der Waals surface area contributed by atoms with Crippen LogP contribution in [0.5, 0.6) is 0 Å². The predicted octanol–water partition coefficient (Wildman–Crippen LogP) is -1.00. The minimum atomic E-state index is -5.27. The monoisotopic (exact) mass is 555 g/mol. The molecular formula is C17H31N7O10P2. The van der Waals surface area contributed by atoms with E-state index in [1.54, 1.807) is 0 Å². The number of aromatic nitrogens is 4. The van der Waals surface area contributed by atoms with Crippen molar-refractivity contribution in [2.24, 2.45) is 5.73 Å². The molecule has 0 spiro atoms. The molecule has 5 atom stereocenters. The summed E-state index contributed by atoms with van der Waals surface area (Å²) in [6.45, 7) is 0.890. The fourth-order valence-electron chi connectivity index (χ4n) is 3.43. The Morgan fingerprint density at radius 2 is 1.83 bits per heavy atom. The summed E-state index contributed by atoms with van der Waals surface area (Å²) in [5, 5.41) is 24.0. The smallest absolute Gasteiger partial charge is 0.387 e. The number of nitrogens with zero attached hydrogens (tertiary/aromatic N) is 4. The Morgan fingerprint density at radius 1 is 1.08 bits per heavy atom. The zero-order valence-corrected chi connectivity index (χ0v) is 21.0. The number of nitrogen functional groups attached to an aromatic ring is 1. The molecule has 2 aromatic heterocycles. The summed E-state index contributed by atoms with van der Waals surface area (Å²) in [6.07, 6.45) is -0.913. The van der Waals surface area contributed by atoms with Crippen molar-refractivity contribution in [3.05, 3.63) is 12.7 Å². The third-order valence-electron chi connectivity index (χ3n) is 5.16. The van der Waals surface area contributed by atoms with E-state index >= 15 is 0 Å². The van der Waals surface area contributed by atoms with E-state index < -0.39 is 46.8 Å². The first-order chi connectivity index (χ1) is 17.0. The van der Waals surface area contributed by atoms with Gasteiger partial charge in [0, 0.05) is 0 Å². The maximum absolute atomic E-state index is 12.8. The molecular weight excluding hydrogens is 524 g/mol. The van der Waals surface area contributed by atoms with Crippen molar-refractivity contribution in [3.63, 3.8) is 0 Å². The van der Waals surface area contributed by atoms with E-state index in [4.69, 9.17) is 35.0 Å². The van der Waals surface area contributed by atoms with Gasteiger partial charge < -0.3 is 41.5 Å². The van der Waals surface area contributed by atoms with Gasteiger partial charge in [-0.25, -0.2) is 24.1 Å². The Balaban J connectivity index is 1.59. The van der Waals surface area contributed by atoms with Gasteiger partial charge in [-0.15, -0.1) is 0 Å². The number of imidazole rings is 1. The van der Waals surface area contributed by atoms with Crippen LogP contribution in [0, 0.1) is 0 Å².